The molecule has 0 spiro atoms. The maximum atomic E-state index is 3.83. The molecule has 0 heteroatoms. The minimum absolute atomic E-state index is 0.485. The first-order chi connectivity index (χ1) is 6.31. The molecule has 0 aliphatic heterocycles. The first kappa shape index (κ1) is 8.55. The van der Waals surface area contributed by atoms with Crippen molar-refractivity contribution in [3.8, 4) is 0 Å². The third kappa shape index (κ3) is 1.82. The molecule has 1 unspecified atom stereocenters. The molecule has 0 aromatic heterocycles. The molecule has 1 fully saturated rings. The second kappa shape index (κ2) is 3.37. The Kier molecular flexibility index (Phi) is 2.22. The summed E-state index contributed by atoms with van der Waals surface area (Å²) in [6.45, 7) is 6.02. The van der Waals surface area contributed by atoms with E-state index in [9.17, 15) is 0 Å². The van der Waals surface area contributed by atoms with Crippen LogP contribution in [0.15, 0.2) is 36.9 Å². The van der Waals surface area contributed by atoms with Crippen LogP contribution in [0.4, 0.5) is 0 Å². The molecule has 1 saturated carbocycles. The van der Waals surface area contributed by atoms with Gasteiger partial charge in [-0.05, 0) is 35.8 Å². The predicted molar refractivity (Wildman–Crippen MR) is 57.0 cm³/mol. The third-order valence-corrected chi connectivity index (χ3v) is 2.84. The van der Waals surface area contributed by atoms with Gasteiger partial charge in [0.05, 0.1) is 0 Å². The zero-order valence-corrected chi connectivity index (χ0v) is 8.16. The summed E-state index contributed by atoms with van der Waals surface area (Å²) >= 11 is 0. The Morgan fingerprint density at radius 3 is 2.85 bits per heavy atom. The predicted octanol–water partition coefficient (Wildman–Crippen LogP) is 3.85. The minimum Gasteiger partial charge on any atom is -0.102 e. The van der Waals surface area contributed by atoms with Crippen LogP contribution in [0.3, 0.4) is 0 Å². The van der Waals surface area contributed by atoms with Gasteiger partial charge in [-0.25, -0.2) is 0 Å². The molecule has 2 rings (SSSR count). The van der Waals surface area contributed by atoms with Crippen LogP contribution >= 0.6 is 0 Å². The highest BCUT2D eigenvalue weighted by Crippen LogP contribution is 2.40. The molecule has 0 nitrogen and oxygen atoms in total. The van der Waals surface area contributed by atoms with Crippen molar-refractivity contribution in [1.29, 1.82) is 0 Å². The standard InChI is InChI=1S/C13H16/c1-3-10(2)12-5-4-6-13(9-12)11-7-8-11/h3-6,9-11H,1,7-8H2,2H3. The Labute approximate surface area is 80.3 Å². The summed E-state index contributed by atoms with van der Waals surface area (Å²) in [5.74, 6) is 1.34. The first-order valence-electron chi connectivity index (χ1n) is 5.03. The summed E-state index contributed by atoms with van der Waals surface area (Å²) in [7, 11) is 0. The zero-order valence-electron chi connectivity index (χ0n) is 8.16. The second-order valence-corrected chi connectivity index (χ2v) is 3.97. The van der Waals surface area contributed by atoms with E-state index in [1.54, 1.807) is 0 Å². The normalized spacial score (nSPS) is 18.2. The fraction of sp³-hybridized carbons (Fsp3) is 0.385. The van der Waals surface area contributed by atoms with E-state index in [1.165, 1.54) is 24.0 Å². The first-order valence-corrected chi connectivity index (χ1v) is 5.03. The van der Waals surface area contributed by atoms with Crippen LogP contribution in [0.2, 0.25) is 0 Å². The van der Waals surface area contributed by atoms with Gasteiger partial charge in [-0.1, -0.05) is 37.3 Å². The van der Waals surface area contributed by atoms with E-state index in [2.05, 4.69) is 37.8 Å². The molecule has 0 heterocycles. The molecule has 68 valence electrons. The highest BCUT2D eigenvalue weighted by molar-refractivity contribution is 5.32. The van der Waals surface area contributed by atoms with Crippen molar-refractivity contribution in [3.05, 3.63) is 48.0 Å². The van der Waals surface area contributed by atoms with Crippen molar-refractivity contribution in [3.63, 3.8) is 0 Å². The summed E-state index contributed by atoms with van der Waals surface area (Å²) in [6.07, 6.45) is 4.77. The maximum absolute atomic E-state index is 3.83. The Morgan fingerprint density at radius 2 is 2.23 bits per heavy atom. The SMILES string of the molecule is C=CC(C)c1cccc(C2CC2)c1. The molecule has 0 amide bonds. The lowest BCUT2D eigenvalue weighted by Gasteiger charge is -2.07. The molecule has 1 atom stereocenters. The van der Waals surface area contributed by atoms with Gasteiger partial charge in [0.15, 0.2) is 0 Å². The molecule has 0 radical (unpaired) electrons. The van der Waals surface area contributed by atoms with Crippen LogP contribution < -0.4 is 0 Å². The summed E-state index contributed by atoms with van der Waals surface area (Å²) in [4.78, 5) is 0. The van der Waals surface area contributed by atoms with E-state index in [0.29, 0.717) is 5.92 Å². The monoisotopic (exact) mass is 172 g/mol. The highest BCUT2D eigenvalue weighted by atomic mass is 14.3. The molecule has 1 aromatic carbocycles. The van der Waals surface area contributed by atoms with Crippen LogP contribution in [-0.2, 0) is 0 Å². The molecular formula is C13H16. The quantitative estimate of drug-likeness (QED) is 0.607. The average molecular weight is 172 g/mol. The van der Waals surface area contributed by atoms with Gasteiger partial charge in [0.2, 0.25) is 0 Å². The van der Waals surface area contributed by atoms with Gasteiger partial charge >= 0.3 is 0 Å². The third-order valence-electron chi connectivity index (χ3n) is 2.84. The van der Waals surface area contributed by atoms with Gasteiger partial charge < -0.3 is 0 Å². The summed E-state index contributed by atoms with van der Waals surface area (Å²) in [6, 6.07) is 8.95. The number of hydrogen-bond acceptors (Lipinski definition) is 0. The molecule has 13 heavy (non-hydrogen) atoms. The van der Waals surface area contributed by atoms with Crippen LogP contribution in [0, 0.1) is 0 Å². The molecular weight excluding hydrogens is 156 g/mol. The maximum Gasteiger partial charge on any atom is -0.00130 e. The van der Waals surface area contributed by atoms with Crippen molar-refractivity contribution in [2.24, 2.45) is 0 Å². The largest absolute Gasteiger partial charge is 0.102 e. The van der Waals surface area contributed by atoms with E-state index in [4.69, 9.17) is 0 Å². The summed E-state index contributed by atoms with van der Waals surface area (Å²) < 4.78 is 0. The van der Waals surface area contributed by atoms with Gasteiger partial charge in [0, 0.05) is 0 Å². The Bertz CT molecular complexity index is 308. The molecule has 0 N–H and O–H groups in total. The topological polar surface area (TPSA) is 0 Å². The molecule has 0 bridgehead atoms. The molecule has 1 aliphatic rings. The van der Waals surface area contributed by atoms with Gasteiger partial charge in [-0.3, -0.25) is 0 Å². The van der Waals surface area contributed by atoms with E-state index >= 15 is 0 Å². The molecule has 0 saturated heterocycles. The second-order valence-electron chi connectivity index (χ2n) is 3.97. The Balaban J connectivity index is 2.25. The number of hydrogen-bond donors (Lipinski definition) is 0. The van der Waals surface area contributed by atoms with E-state index in [-0.39, 0.29) is 0 Å². The fourth-order valence-electron chi connectivity index (χ4n) is 1.65. The average Bonchev–Trinajstić information content (AvgIpc) is 3.00. The number of benzene rings is 1. The van der Waals surface area contributed by atoms with Crippen molar-refractivity contribution in [2.45, 2.75) is 31.6 Å². The van der Waals surface area contributed by atoms with Crippen molar-refractivity contribution in [2.75, 3.05) is 0 Å². The zero-order chi connectivity index (χ0) is 9.26. The lowest BCUT2D eigenvalue weighted by Crippen LogP contribution is -1.89. The summed E-state index contributed by atoms with van der Waals surface area (Å²) in [5, 5.41) is 0. The van der Waals surface area contributed by atoms with Crippen LogP contribution in [-0.4, -0.2) is 0 Å². The van der Waals surface area contributed by atoms with Crippen molar-refractivity contribution in [1.82, 2.24) is 0 Å². The molecule has 1 aliphatic carbocycles. The Morgan fingerprint density at radius 1 is 1.46 bits per heavy atom. The van der Waals surface area contributed by atoms with Crippen molar-refractivity contribution < 1.29 is 0 Å². The van der Waals surface area contributed by atoms with E-state index in [0.717, 1.165) is 5.92 Å². The highest BCUT2D eigenvalue weighted by Gasteiger charge is 2.23. The van der Waals surface area contributed by atoms with Gasteiger partial charge in [0.25, 0.3) is 0 Å². The molecule has 1 aromatic rings. The number of rotatable bonds is 3. The lowest BCUT2D eigenvalue weighted by atomic mass is 9.98. The van der Waals surface area contributed by atoms with Crippen molar-refractivity contribution >= 4 is 0 Å². The minimum atomic E-state index is 0.485. The lowest BCUT2D eigenvalue weighted by molar-refractivity contribution is 0.960. The van der Waals surface area contributed by atoms with E-state index in [1.807, 2.05) is 6.08 Å². The number of allylic oxidation sites excluding steroid dienone is 1. The fourth-order valence-corrected chi connectivity index (χ4v) is 1.65. The van der Waals surface area contributed by atoms with Gasteiger partial charge in [-0.15, -0.1) is 6.58 Å². The van der Waals surface area contributed by atoms with E-state index < -0.39 is 0 Å². The van der Waals surface area contributed by atoms with Gasteiger partial charge in [-0.2, -0.15) is 0 Å². The van der Waals surface area contributed by atoms with Crippen LogP contribution in [0.5, 0.6) is 0 Å². The van der Waals surface area contributed by atoms with Crippen LogP contribution in [0.1, 0.15) is 42.7 Å². The van der Waals surface area contributed by atoms with Gasteiger partial charge in [0.1, 0.15) is 0 Å². The Hall–Kier alpha value is -1.04. The smallest absolute Gasteiger partial charge is 0.00130 e. The summed E-state index contributed by atoms with van der Waals surface area (Å²) in [5.41, 5.74) is 2.92. The van der Waals surface area contributed by atoms with Crippen LogP contribution in [0.25, 0.3) is 0 Å².